The minimum Gasteiger partial charge on any atom is -0.350 e. The van der Waals surface area contributed by atoms with Gasteiger partial charge in [0, 0.05) is 23.1 Å². The lowest BCUT2D eigenvalue weighted by atomic mass is 10.3. The maximum atomic E-state index is 11.9. The first-order valence-electron chi connectivity index (χ1n) is 5.42. The molecule has 7 heteroatoms. The van der Waals surface area contributed by atoms with Crippen LogP contribution in [0.1, 0.15) is 22.0 Å². The number of hydrogen-bond donors (Lipinski definition) is 2. The third kappa shape index (κ3) is 3.13. The van der Waals surface area contributed by atoms with Crippen molar-refractivity contribution >= 4 is 21.8 Å². The van der Waals surface area contributed by atoms with Crippen molar-refractivity contribution in [2.75, 3.05) is 6.54 Å². The van der Waals surface area contributed by atoms with E-state index in [1.165, 1.54) is 6.33 Å². The van der Waals surface area contributed by atoms with Gasteiger partial charge >= 0.3 is 0 Å². The van der Waals surface area contributed by atoms with Gasteiger partial charge < -0.3 is 5.32 Å². The second-order valence-corrected chi connectivity index (χ2v) is 4.58. The van der Waals surface area contributed by atoms with E-state index in [2.05, 4.69) is 41.4 Å². The van der Waals surface area contributed by atoms with Gasteiger partial charge in [-0.25, -0.2) is 9.97 Å². The number of rotatable bonds is 4. The summed E-state index contributed by atoms with van der Waals surface area (Å²) in [6.45, 7) is 2.33. The summed E-state index contributed by atoms with van der Waals surface area (Å²) in [5, 5.41) is 9.26. The minimum absolute atomic E-state index is 0.204. The Morgan fingerprint density at radius 3 is 3.06 bits per heavy atom. The topological polar surface area (TPSA) is 83.6 Å². The van der Waals surface area contributed by atoms with Crippen LogP contribution >= 0.6 is 15.9 Å². The molecule has 1 amide bonds. The molecule has 0 aliphatic rings. The van der Waals surface area contributed by atoms with Crippen molar-refractivity contribution in [2.24, 2.45) is 0 Å². The van der Waals surface area contributed by atoms with Crippen molar-refractivity contribution in [1.82, 2.24) is 25.5 Å². The summed E-state index contributed by atoms with van der Waals surface area (Å²) in [4.78, 5) is 20.1. The van der Waals surface area contributed by atoms with Gasteiger partial charge in [0.1, 0.15) is 17.8 Å². The molecule has 0 unspecified atom stereocenters. The van der Waals surface area contributed by atoms with Gasteiger partial charge in [-0.3, -0.25) is 9.89 Å². The van der Waals surface area contributed by atoms with Crippen LogP contribution in [-0.2, 0) is 6.42 Å². The van der Waals surface area contributed by atoms with Gasteiger partial charge in [-0.15, -0.1) is 0 Å². The van der Waals surface area contributed by atoms with Crippen LogP contribution in [0.5, 0.6) is 0 Å². The summed E-state index contributed by atoms with van der Waals surface area (Å²) in [5.74, 6) is 0.539. The maximum absolute atomic E-state index is 11.9. The second-order valence-electron chi connectivity index (χ2n) is 3.72. The monoisotopic (exact) mass is 309 g/mol. The molecule has 0 radical (unpaired) electrons. The predicted molar refractivity (Wildman–Crippen MR) is 69.1 cm³/mol. The summed E-state index contributed by atoms with van der Waals surface area (Å²) < 4.78 is 0.685. The highest BCUT2D eigenvalue weighted by Crippen LogP contribution is 2.14. The number of H-pyrrole nitrogens is 1. The Labute approximate surface area is 112 Å². The van der Waals surface area contributed by atoms with Crippen LogP contribution in [0.25, 0.3) is 0 Å². The SMILES string of the molecule is Cc1ccc(Br)c(C(=O)NCCc2ncn[nH]2)n1. The van der Waals surface area contributed by atoms with Crippen LogP contribution in [0.15, 0.2) is 22.9 Å². The Balaban J connectivity index is 1.93. The lowest BCUT2D eigenvalue weighted by Crippen LogP contribution is -2.27. The molecule has 0 aromatic carbocycles. The van der Waals surface area contributed by atoms with Gasteiger partial charge in [-0.05, 0) is 35.0 Å². The molecule has 2 rings (SSSR count). The first kappa shape index (κ1) is 12.7. The maximum Gasteiger partial charge on any atom is 0.271 e. The summed E-state index contributed by atoms with van der Waals surface area (Å²) in [6.07, 6.45) is 2.05. The molecule has 0 bridgehead atoms. The average molecular weight is 310 g/mol. The predicted octanol–water partition coefficient (Wildman–Crippen LogP) is 1.24. The quantitative estimate of drug-likeness (QED) is 0.890. The van der Waals surface area contributed by atoms with Crippen molar-refractivity contribution in [1.29, 1.82) is 0 Å². The van der Waals surface area contributed by atoms with E-state index < -0.39 is 0 Å². The molecule has 0 aliphatic heterocycles. The van der Waals surface area contributed by atoms with E-state index in [1.807, 2.05) is 19.1 Å². The molecule has 0 saturated heterocycles. The summed E-state index contributed by atoms with van der Waals surface area (Å²) in [5.41, 5.74) is 1.20. The minimum atomic E-state index is -0.204. The zero-order valence-corrected chi connectivity index (χ0v) is 11.4. The van der Waals surface area contributed by atoms with Crippen LogP contribution in [0.3, 0.4) is 0 Å². The Morgan fingerprint density at radius 2 is 2.33 bits per heavy atom. The molecule has 0 saturated carbocycles. The zero-order chi connectivity index (χ0) is 13.0. The van der Waals surface area contributed by atoms with E-state index in [-0.39, 0.29) is 5.91 Å². The lowest BCUT2D eigenvalue weighted by Gasteiger charge is -2.05. The molecule has 0 fully saturated rings. The molecule has 2 heterocycles. The number of hydrogen-bond acceptors (Lipinski definition) is 4. The smallest absolute Gasteiger partial charge is 0.271 e. The summed E-state index contributed by atoms with van der Waals surface area (Å²) in [7, 11) is 0. The molecular formula is C11H12BrN5O. The standard InChI is InChI=1S/C11H12BrN5O/c1-7-2-3-8(12)10(16-7)11(18)13-5-4-9-14-6-15-17-9/h2-3,6H,4-5H2,1H3,(H,13,18)(H,14,15,17). The number of amides is 1. The fraction of sp³-hybridized carbons (Fsp3) is 0.273. The third-order valence-corrected chi connectivity index (χ3v) is 2.95. The second kappa shape index (κ2) is 5.72. The largest absolute Gasteiger partial charge is 0.350 e. The Bertz CT molecular complexity index is 540. The van der Waals surface area contributed by atoms with Gasteiger partial charge in [0.2, 0.25) is 0 Å². The van der Waals surface area contributed by atoms with Crippen molar-refractivity contribution in [3.63, 3.8) is 0 Å². The number of halogens is 1. The average Bonchev–Trinajstić information content (AvgIpc) is 2.85. The van der Waals surface area contributed by atoms with Crippen LogP contribution < -0.4 is 5.32 Å². The lowest BCUT2D eigenvalue weighted by molar-refractivity contribution is 0.0948. The fourth-order valence-electron chi connectivity index (χ4n) is 1.43. The van der Waals surface area contributed by atoms with Crippen molar-refractivity contribution < 1.29 is 4.79 Å². The molecule has 0 atom stereocenters. The highest BCUT2D eigenvalue weighted by atomic mass is 79.9. The first-order valence-corrected chi connectivity index (χ1v) is 6.21. The number of carbonyl (C=O) groups excluding carboxylic acids is 1. The third-order valence-electron chi connectivity index (χ3n) is 2.31. The van der Waals surface area contributed by atoms with Gasteiger partial charge in [0.05, 0.1) is 0 Å². The van der Waals surface area contributed by atoms with Crippen LogP contribution in [0, 0.1) is 6.92 Å². The van der Waals surface area contributed by atoms with Gasteiger partial charge in [0.15, 0.2) is 0 Å². The number of aromatic amines is 1. The molecule has 18 heavy (non-hydrogen) atoms. The number of carbonyl (C=O) groups is 1. The van der Waals surface area contributed by atoms with E-state index in [1.54, 1.807) is 0 Å². The van der Waals surface area contributed by atoms with Crippen LogP contribution in [0.4, 0.5) is 0 Å². The number of nitrogens with one attached hydrogen (secondary N) is 2. The summed E-state index contributed by atoms with van der Waals surface area (Å²) >= 11 is 3.31. The molecular weight excluding hydrogens is 298 g/mol. The molecule has 0 spiro atoms. The van der Waals surface area contributed by atoms with E-state index in [4.69, 9.17) is 0 Å². The van der Waals surface area contributed by atoms with E-state index >= 15 is 0 Å². The Kier molecular flexibility index (Phi) is 4.03. The molecule has 2 N–H and O–H groups in total. The molecule has 6 nitrogen and oxygen atoms in total. The molecule has 2 aromatic rings. The van der Waals surface area contributed by atoms with E-state index in [0.717, 1.165) is 11.5 Å². The molecule has 0 aliphatic carbocycles. The number of nitrogens with zero attached hydrogens (tertiary/aromatic N) is 3. The fourth-order valence-corrected chi connectivity index (χ4v) is 1.83. The number of aromatic nitrogens is 4. The van der Waals surface area contributed by atoms with Gasteiger partial charge in [0.25, 0.3) is 5.91 Å². The van der Waals surface area contributed by atoms with Crippen LogP contribution in [0.2, 0.25) is 0 Å². The highest BCUT2D eigenvalue weighted by Gasteiger charge is 2.11. The normalized spacial score (nSPS) is 10.3. The molecule has 94 valence electrons. The first-order chi connectivity index (χ1) is 8.66. The zero-order valence-electron chi connectivity index (χ0n) is 9.77. The summed E-state index contributed by atoms with van der Waals surface area (Å²) in [6, 6.07) is 3.66. The van der Waals surface area contributed by atoms with E-state index in [0.29, 0.717) is 23.1 Å². The van der Waals surface area contributed by atoms with Crippen molar-refractivity contribution in [2.45, 2.75) is 13.3 Å². The van der Waals surface area contributed by atoms with E-state index in [9.17, 15) is 4.79 Å². The number of aryl methyl sites for hydroxylation is 1. The number of pyridine rings is 1. The van der Waals surface area contributed by atoms with Gasteiger partial charge in [-0.2, -0.15) is 5.10 Å². The van der Waals surface area contributed by atoms with Crippen molar-refractivity contribution in [3.8, 4) is 0 Å². The molecule has 2 aromatic heterocycles. The van der Waals surface area contributed by atoms with Crippen molar-refractivity contribution in [3.05, 3.63) is 40.1 Å². The van der Waals surface area contributed by atoms with Gasteiger partial charge in [-0.1, -0.05) is 0 Å². The van der Waals surface area contributed by atoms with Crippen LogP contribution in [-0.4, -0.2) is 32.6 Å². The Morgan fingerprint density at radius 1 is 1.50 bits per heavy atom. The highest BCUT2D eigenvalue weighted by molar-refractivity contribution is 9.10. The Hall–Kier alpha value is -1.76.